The second-order valence-corrected chi connectivity index (χ2v) is 6.08. The van der Waals surface area contributed by atoms with Crippen LogP contribution in [0.2, 0.25) is 0 Å². The summed E-state index contributed by atoms with van der Waals surface area (Å²) < 4.78 is 26.3. The van der Waals surface area contributed by atoms with Crippen molar-refractivity contribution in [3.8, 4) is 0 Å². The molecule has 0 aliphatic carbocycles. The molecule has 3 rings (SSSR count). The Bertz CT molecular complexity index is 799. The van der Waals surface area contributed by atoms with Gasteiger partial charge in [0.15, 0.2) is 0 Å². The van der Waals surface area contributed by atoms with Crippen LogP contribution in [0.4, 0.5) is 14.5 Å². The molecule has 1 aliphatic heterocycles. The van der Waals surface area contributed by atoms with Gasteiger partial charge in [-0.2, -0.15) is 0 Å². The largest absolute Gasteiger partial charge is 0.351 e. The lowest BCUT2D eigenvalue weighted by Crippen LogP contribution is -2.40. The molecule has 0 radical (unpaired) electrons. The highest BCUT2D eigenvalue weighted by Crippen LogP contribution is 2.25. The van der Waals surface area contributed by atoms with Crippen molar-refractivity contribution in [3.05, 3.63) is 59.9 Å². The number of rotatable bonds is 5. The molecule has 3 N–H and O–H groups in total. The van der Waals surface area contributed by atoms with E-state index in [2.05, 4.69) is 20.9 Å². The Morgan fingerprint density at radius 2 is 2.08 bits per heavy atom. The number of anilines is 1. The molecule has 1 aromatic heterocycles. The Morgan fingerprint density at radius 3 is 2.77 bits per heavy atom. The molecule has 1 aliphatic rings. The molecule has 0 saturated carbocycles. The number of pyridine rings is 1. The van der Waals surface area contributed by atoms with Crippen molar-refractivity contribution in [2.45, 2.75) is 24.9 Å². The summed E-state index contributed by atoms with van der Waals surface area (Å²) in [5.74, 6) is -3.66. The molecule has 0 spiro atoms. The second-order valence-electron chi connectivity index (χ2n) is 6.08. The quantitative estimate of drug-likeness (QED) is 0.761. The van der Waals surface area contributed by atoms with Gasteiger partial charge < -0.3 is 10.6 Å². The third kappa shape index (κ3) is 4.60. The number of nitrogens with one attached hydrogen (secondary N) is 3. The number of amides is 2. The number of aromatic nitrogens is 1. The Hall–Kier alpha value is -2.87. The molecular formula is C18H18F2N4O2. The van der Waals surface area contributed by atoms with Crippen LogP contribution in [0.25, 0.3) is 0 Å². The van der Waals surface area contributed by atoms with E-state index in [1.165, 1.54) is 6.20 Å². The predicted octanol–water partition coefficient (Wildman–Crippen LogP) is 1.95. The monoisotopic (exact) mass is 360 g/mol. The summed E-state index contributed by atoms with van der Waals surface area (Å²) in [6.45, 7) is -0.310. The first-order chi connectivity index (χ1) is 12.4. The summed E-state index contributed by atoms with van der Waals surface area (Å²) in [5, 5.41) is 7.87. The first-order valence-corrected chi connectivity index (χ1v) is 8.13. The van der Waals surface area contributed by atoms with Crippen LogP contribution in [0.3, 0.4) is 0 Å². The van der Waals surface area contributed by atoms with E-state index < -0.39 is 30.8 Å². The molecule has 0 bridgehead atoms. The lowest BCUT2D eigenvalue weighted by atomic mass is 10.1. The highest BCUT2D eigenvalue weighted by atomic mass is 19.3. The fourth-order valence-electron chi connectivity index (χ4n) is 2.66. The molecular weight excluding hydrogens is 342 g/mol. The molecule has 1 fully saturated rings. The number of carbonyl (C=O) groups is 2. The topological polar surface area (TPSA) is 83.1 Å². The van der Waals surface area contributed by atoms with Crippen molar-refractivity contribution in [1.29, 1.82) is 0 Å². The minimum Gasteiger partial charge on any atom is -0.351 e. The molecule has 1 saturated heterocycles. The average Bonchev–Trinajstić information content (AvgIpc) is 3.01. The lowest BCUT2D eigenvalue weighted by Gasteiger charge is -2.12. The van der Waals surface area contributed by atoms with Crippen LogP contribution >= 0.6 is 0 Å². The van der Waals surface area contributed by atoms with Crippen LogP contribution in [0, 0.1) is 0 Å². The minimum absolute atomic E-state index is 0.176. The van der Waals surface area contributed by atoms with E-state index in [-0.39, 0.29) is 12.5 Å². The van der Waals surface area contributed by atoms with E-state index in [0.29, 0.717) is 11.4 Å². The Labute approximate surface area is 149 Å². The number of benzene rings is 1. The molecule has 6 nitrogen and oxygen atoms in total. The van der Waals surface area contributed by atoms with E-state index in [1.54, 1.807) is 42.5 Å². The van der Waals surface area contributed by atoms with E-state index in [9.17, 15) is 18.4 Å². The third-order valence-corrected chi connectivity index (χ3v) is 3.98. The van der Waals surface area contributed by atoms with Gasteiger partial charge in [-0.25, -0.2) is 8.78 Å². The van der Waals surface area contributed by atoms with Gasteiger partial charge in [-0.15, -0.1) is 0 Å². The summed E-state index contributed by atoms with van der Waals surface area (Å²) in [7, 11) is 0. The average molecular weight is 360 g/mol. The van der Waals surface area contributed by atoms with Crippen LogP contribution in [-0.2, 0) is 11.3 Å². The van der Waals surface area contributed by atoms with Gasteiger partial charge in [0.1, 0.15) is 5.69 Å². The molecule has 136 valence electrons. The van der Waals surface area contributed by atoms with E-state index in [4.69, 9.17) is 0 Å². The molecule has 1 aromatic carbocycles. The predicted molar refractivity (Wildman–Crippen MR) is 91.8 cm³/mol. The van der Waals surface area contributed by atoms with Gasteiger partial charge in [-0.3, -0.25) is 19.9 Å². The number of halogens is 2. The summed E-state index contributed by atoms with van der Waals surface area (Å²) >= 11 is 0. The molecule has 2 heterocycles. The van der Waals surface area contributed by atoms with Crippen molar-refractivity contribution >= 4 is 17.5 Å². The fraction of sp³-hybridized carbons (Fsp3) is 0.278. The zero-order chi connectivity index (χ0) is 18.6. The number of nitrogens with zero attached hydrogens (tertiary/aromatic N) is 1. The fourth-order valence-corrected chi connectivity index (χ4v) is 2.66. The maximum Gasteiger partial charge on any atom is 0.274 e. The highest BCUT2D eigenvalue weighted by Gasteiger charge is 2.42. The first kappa shape index (κ1) is 17.9. The molecule has 1 unspecified atom stereocenters. The van der Waals surface area contributed by atoms with Gasteiger partial charge in [0.25, 0.3) is 11.8 Å². The smallest absolute Gasteiger partial charge is 0.274 e. The van der Waals surface area contributed by atoms with Gasteiger partial charge >= 0.3 is 0 Å². The Balaban J connectivity index is 1.56. The van der Waals surface area contributed by atoms with Gasteiger partial charge in [-0.05, 0) is 29.8 Å². The van der Waals surface area contributed by atoms with Crippen molar-refractivity contribution in [2.75, 3.05) is 11.9 Å². The zero-order valence-corrected chi connectivity index (χ0v) is 13.8. The number of hydrogen-bond donors (Lipinski definition) is 3. The van der Waals surface area contributed by atoms with Gasteiger partial charge in [0.05, 0.1) is 12.6 Å². The number of alkyl halides is 2. The van der Waals surface area contributed by atoms with Crippen molar-refractivity contribution in [2.24, 2.45) is 0 Å². The summed E-state index contributed by atoms with van der Waals surface area (Å²) in [6, 6.07) is 11.1. The minimum atomic E-state index is -2.85. The molecule has 2 aromatic rings. The van der Waals surface area contributed by atoms with Crippen LogP contribution in [0.1, 0.15) is 22.5 Å². The first-order valence-electron chi connectivity index (χ1n) is 8.13. The third-order valence-electron chi connectivity index (χ3n) is 3.98. The summed E-state index contributed by atoms with van der Waals surface area (Å²) in [5.41, 5.74) is 1.58. The maximum absolute atomic E-state index is 13.1. The Morgan fingerprint density at radius 1 is 1.23 bits per heavy atom. The van der Waals surface area contributed by atoms with E-state index in [1.807, 2.05) is 0 Å². The van der Waals surface area contributed by atoms with Gasteiger partial charge in [0, 0.05) is 24.8 Å². The van der Waals surface area contributed by atoms with Crippen LogP contribution < -0.4 is 16.0 Å². The van der Waals surface area contributed by atoms with E-state index >= 15 is 0 Å². The van der Waals surface area contributed by atoms with Gasteiger partial charge in [0.2, 0.25) is 5.91 Å². The lowest BCUT2D eigenvalue weighted by molar-refractivity contribution is -0.123. The second kappa shape index (κ2) is 7.57. The molecule has 8 heteroatoms. The number of hydrogen-bond acceptors (Lipinski definition) is 4. The maximum atomic E-state index is 13.1. The van der Waals surface area contributed by atoms with Gasteiger partial charge in [-0.1, -0.05) is 18.2 Å². The summed E-state index contributed by atoms with van der Waals surface area (Å²) in [4.78, 5) is 28.0. The normalized spacial score (nSPS) is 18.3. The van der Waals surface area contributed by atoms with Crippen LogP contribution in [0.15, 0.2) is 48.7 Å². The SMILES string of the molecule is O=C(Nc1cccc(CNC(=O)C2CC(F)(F)CN2)c1)c1ccccn1. The zero-order valence-electron chi connectivity index (χ0n) is 13.8. The van der Waals surface area contributed by atoms with Crippen molar-refractivity contribution < 1.29 is 18.4 Å². The van der Waals surface area contributed by atoms with E-state index in [0.717, 1.165) is 5.56 Å². The Kier molecular flexibility index (Phi) is 5.22. The molecule has 2 amide bonds. The van der Waals surface area contributed by atoms with Crippen LogP contribution in [0.5, 0.6) is 0 Å². The van der Waals surface area contributed by atoms with Crippen molar-refractivity contribution in [3.63, 3.8) is 0 Å². The highest BCUT2D eigenvalue weighted by molar-refractivity contribution is 6.02. The van der Waals surface area contributed by atoms with Crippen molar-refractivity contribution in [1.82, 2.24) is 15.6 Å². The van der Waals surface area contributed by atoms with Crippen LogP contribution in [-0.4, -0.2) is 35.3 Å². The standard InChI is InChI=1S/C18H18F2N4O2/c19-18(20)9-15(23-11-18)16(25)22-10-12-4-3-5-13(8-12)24-17(26)14-6-1-2-7-21-14/h1-8,15,23H,9-11H2,(H,22,25)(H,24,26). The molecule has 26 heavy (non-hydrogen) atoms. The molecule has 1 atom stereocenters. The summed E-state index contributed by atoms with van der Waals surface area (Å²) in [6.07, 6.45) is 1.03. The number of carbonyl (C=O) groups excluding carboxylic acids is 2.